The quantitative estimate of drug-likeness (QED) is 0.862. The van der Waals surface area contributed by atoms with Crippen molar-refractivity contribution < 1.29 is 4.74 Å². The molecule has 2 aromatic rings. The number of nitrogens with one attached hydrogen (secondary N) is 1. The van der Waals surface area contributed by atoms with Gasteiger partial charge in [0.25, 0.3) is 0 Å². The molecule has 0 saturated heterocycles. The highest BCUT2D eigenvalue weighted by atomic mass is 79.9. The van der Waals surface area contributed by atoms with Crippen molar-refractivity contribution in [2.75, 3.05) is 7.11 Å². The van der Waals surface area contributed by atoms with Crippen molar-refractivity contribution in [2.45, 2.75) is 26.4 Å². The average molecular weight is 334 g/mol. The van der Waals surface area contributed by atoms with Crippen LogP contribution in [0.4, 0.5) is 0 Å². The van der Waals surface area contributed by atoms with Crippen LogP contribution >= 0.6 is 15.9 Å². The Kier molecular flexibility index (Phi) is 5.21. The van der Waals surface area contributed by atoms with E-state index in [0.29, 0.717) is 0 Å². The van der Waals surface area contributed by atoms with Gasteiger partial charge >= 0.3 is 0 Å². The number of hydrogen-bond donors (Lipinski definition) is 1. The molecule has 0 unspecified atom stereocenters. The minimum atomic E-state index is 0.236. The highest BCUT2D eigenvalue weighted by molar-refractivity contribution is 9.10. The first-order chi connectivity index (χ1) is 9.61. The van der Waals surface area contributed by atoms with Crippen LogP contribution in [-0.2, 0) is 6.54 Å². The fourth-order valence-electron chi connectivity index (χ4n) is 2.19. The highest BCUT2D eigenvalue weighted by Gasteiger charge is 2.10. The first-order valence-corrected chi connectivity index (χ1v) is 7.52. The van der Waals surface area contributed by atoms with E-state index in [1.165, 1.54) is 16.7 Å². The van der Waals surface area contributed by atoms with Crippen molar-refractivity contribution >= 4 is 15.9 Å². The SMILES string of the molecule is COc1ccccc1[C@@H](C)NCc1ccc(C)cc1Br. The molecule has 1 N–H and O–H groups in total. The number of para-hydroxylation sites is 1. The van der Waals surface area contributed by atoms with E-state index >= 15 is 0 Å². The minimum Gasteiger partial charge on any atom is -0.496 e. The Morgan fingerprint density at radius 2 is 1.95 bits per heavy atom. The molecule has 0 aromatic heterocycles. The minimum absolute atomic E-state index is 0.236. The fraction of sp³-hybridized carbons (Fsp3) is 0.294. The monoisotopic (exact) mass is 333 g/mol. The standard InChI is InChI=1S/C17H20BrNO/c1-12-8-9-14(16(18)10-12)11-19-13(2)15-6-4-5-7-17(15)20-3/h4-10,13,19H,11H2,1-3H3/t13-/m1/s1. The molecule has 0 spiro atoms. The van der Waals surface area contributed by atoms with Gasteiger partial charge in [0, 0.05) is 22.6 Å². The number of ether oxygens (including phenoxy) is 1. The summed E-state index contributed by atoms with van der Waals surface area (Å²) in [6.45, 7) is 5.07. The van der Waals surface area contributed by atoms with E-state index in [-0.39, 0.29) is 6.04 Å². The number of aryl methyl sites for hydroxylation is 1. The summed E-state index contributed by atoms with van der Waals surface area (Å²) in [4.78, 5) is 0. The predicted molar refractivity (Wildman–Crippen MR) is 87.1 cm³/mol. The van der Waals surface area contributed by atoms with Crippen LogP contribution in [0.25, 0.3) is 0 Å². The lowest BCUT2D eigenvalue weighted by Gasteiger charge is -2.18. The van der Waals surface area contributed by atoms with Gasteiger partial charge in [-0.2, -0.15) is 0 Å². The number of benzene rings is 2. The summed E-state index contributed by atoms with van der Waals surface area (Å²) in [6, 6.07) is 14.8. The molecular weight excluding hydrogens is 314 g/mol. The summed E-state index contributed by atoms with van der Waals surface area (Å²) in [5, 5.41) is 3.54. The van der Waals surface area contributed by atoms with Crippen LogP contribution in [0.15, 0.2) is 46.9 Å². The summed E-state index contributed by atoms with van der Waals surface area (Å²) >= 11 is 3.62. The Bertz CT molecular complexity index is 583. The van der Waals surface area contributed by atoms with Crippen LogP contribution in [0.5, 0.6) is 5.75 Å². The van der Waals surface area contributed by atoms with E-state index in [9.17, 15) is 0 Å². The van der Waals surface area contributed by atoms with Crippen LogP contribution < -0.4 is 10.1 Å². The van der Waals surface area contributed by atoms with E-state index in [2.05, 4.69) is 59.4 Å². The van der Waals surface area contributed by atoms with Gasteiger partial charge in [0.1, 0.15) is 5.75 Å². The molecule has 0 amide bonds. The molecular formula is C17H20BrNO. The lowest BCUT2D eigenvalue weighted by atomic mass is 10.1. The second-order valence-electron chi connectivity index (χ2n) is 4.94. The molecule has 0 bridgehead atoms. The lowest BCUT2D eigenvalue weighted by molar-refractivity contribution is 0.401. The van der Waals surface area contributed by atoms with Gasteiger partial charge in [0.15, 0.2) is 0 Å². The molecule has 1 atom stereocenters. The Hall–Kier alpha value is -1.32. The summed E-state index contributed by atoms with van der Waals surface area (Å²) in [7, 11) is 1.71. The molecule has 0 heterocycles. The lowest BCUT2D eigenvalue weighted by Crippen LogP contribution is -2.19. The fourth-order valence-corrected chi connectivity index (χ4v) is 2.83. The van der Waals surface area contributed by atoms with Crippen LogP contribution in [-0.4, -0.2) is 7.11 Å². The van der Waals surface area contributed by atoms with Gasteiger partial charge in [-0.25, -0.2) is 0 Å². The van der Waals surface area contributed by atoms with Crippen LogP contribution in [0.2, 0.25) is 0 Å². The van der Waals surface area contributed by atoms with Gasteiger partial charge in [0.05, 0.1) is 7.11 Å². The topological polar surface area (TPSA) is 21.3 Å². The van der Waals surface area contributed by atoms with Gasteiger partial charge in [-0.3, -0.25) is 0 Å². The number of hydrogen-bond acceptors (Lipinski definition) is 2. The number of rotatable bonds is 5. The zero-order chi connectivity index (χ0) is 14.5. The molecule has 0 aliphatic rings. The third-order valence-corrected chi connectivity index (χ3v) is 4.15. The smallest absolute Gasteiger partial charge is 0.123 e. The Labute approximate surface area is 129 Å². The van der Waals surface area contributed by atoms with E-state index in [4.69, 9.17) is 4.74 Å². The molecule has 3 heteroatoms. The van der Waals surface area contributed by atoms with Crippen LogP contribution in [0, 0.1) is 6.92 Å². The molecule has 0 saturated carbocycles. The molecule has 2 aromatic carbocycles. The third-order valence-electron chi connectivity index (χ3n) is 3.41. The Morgan fingerprint density at radius 3 is 2.65 bits per heavy atom. The van der Waals surface area contributed by atoms with Gasteiger partial charge in [0.2, 0.25) is 0 Å². The first-order valence-electron chi connectivity index (χ1n) is 6.73. The zero-order valence-corrected chi connectivity index (χ0v) is 13.7. The Morgan fingerprint density at radius 1 is 1.20 bits per heavy atom. The molecule has 0 radical (unpaired) electrons. The molecule has 0 aliphatic heterocycles. The summed E-state index contributed by atoms with van der Waals surface area (Å²) in [6.07, 6.45) is 0. The molecule has 2 nitrogen and oxygen atoms in total. The van der Waals surface area contributed by atoms with Gasteiger partial charge in [-0.05, 0) is 37.1 Å². The van der Waals surface area contributed by atoms with E-state index in [0.717, 1.165) is 16.8 Å². The molecule has 0 fully saturated rings. The summed E-state index contributed by atoms with van der Waals surface area (Å²) < 4.78 is 6.56. The van der Waals surface area contributed by atoms with Crippen molar-refractivity contribution in [3.63, 3.8) is 0 Å². The van der Waals surface area contributed by atoms with E-state index in [1.54, 1.807) is 7.11 Å². The van der Waals surface area contributed by atoms with E-state index < -0.39 is 0 Å². The van der Waals surface area contributed by atoms with E-state index in [1.807, 2.05) is 18.2 Å². The van der Waals surface area contributed by atoms with Crippen molar-refractivity contribution in [2.24, 2.45) is 0 Å². The van der Waals surface area contributed by atoms with Gasteiger partial charge in [-0.1, -0.05) is 46.3 Å². The van der Waals surface area contributed by atoms with Crippen molar-refractivity contribution in [3.05, 3.63) is 63.6 Å². The summed E-state index contributed by atoms with van der Waals surface area (Å²) in [5.74, 6) is 0.926. The van der Waals surface area contributed by atoms with Gasteiger partial charge in [-0.15, -0.1) is 0 Å². The molecule has 106 valence electrons. The van der Waals surface area contributed by atoms with Crippen molar-refractivity contribution in [3.8, 4) is 5.75 Å². The third kappa shape index (κ3) is 3.62. The average Bonchev–Trinajstić information content (AvgIpc) is 2.46. The predicted octanol–water partition coefficient (Wildman–Crippen LogP) is 4.62. The number of halogens is 1. The first kappa shape index (κ1) is 15.1. The normalized spacial score (nSPS) is 12.2. The molecule has 20 heavy (non-hydrogen) atoms. The zero-order valence-electron chi connectivity index (χ0n) is 12.1. The molecule has 0 aliphatic carbocycles. The maximum absolute atomic E-state index is 5.41. The maximum Gasteiger partial charge on any atom is 0.123 e. The summed E-state index contributed by atoms with van der Waals surface area (Å²) in [5.41, 5.74) is 3.70. The second-order valence-corrected chi connectivity index (χ2v) is 5.79. The van der Waals surface area contributed by atoms with Crippen LogP contribution in [0.3, 0.4) is 0 Å². The van der Waals surface area contributed by atoms with Crippen molar-refractivity contribution in [1.82, 2.24) is 5.32 Å². The van der Waals surface area contributed by atoms with Crippen LogP contribution in [0.1, 0.15) is 29.7 Å². The van der Waals surface area contributed by atoms with Crippen molar-refractivity contribution in [1.29, 1.82) is 0 Å². The van der Waals surface area contributed by atoms with Gasteiger partial charge < -0.3 is 10.1 Å². The molecule has 2 rings (SSSR count). The Balaban J connectivity index is 2.06. The highest BCUT2D eigenvalue weighted by Crippen LogP contribution is 2.25. The second kappa shape index (κ2) is 6.91. The maximum atomic E-state index is 5.41. The number of methoxy groups -OCH3 is 1. The largest absolute Gasteiger partial charge is 0.496 e.